The number of hydrogen-bond donors (Lipinski definition) is 1. The maximum atomic E-state index is 8.72. The highest BCUT2D eigenvalue weighted by molar-refractivity contribution is 6.32. The van der Waals surface area contributed by atoms with Gasteiger partial charge in [0.1, 0.15) is 11.9 Å². The van der Waals surface area contributed by atoms with Crippen LogP contribution < -0.4 is 10.6 Å². The Morgan fingerprint density at radius 3 is 2.85 bits per heavy atom. The monoisotopic (exact) mass is 189 g/mol. The average Bonchev–Trinajstić information content (AvgIpc) is 2.89. The van der Waals surface area contributed by atoms with Crippen LogP contribution in [0, 0.1) is 11.3 Å². The maximum absolute atomic E-state index is 8.72. The molecule has 1 aliphatic rings. The fourth-order valence-corrected chi connectivity index (χ4v) is 1.72. The van der Waals surface area contributed by atoms with E-state index in [1.165, 1.54) is 12.8 Å². The molecule has 0 spiro atoms. The summed E-state index contributed by atoms with van der Waals surface area (Å²) in [6.45, 7) is 0. The molecule has 3 nitrogen and oxygen atoms in total. The third-order valence-corrected chi connectivity index (χ3v) is 2.90. The zero-order valence-corrected chi connectivity index (χ0v) is 9.54. The third-order valence-electron chi connectivity index (χ3n) is 2.14. The molecule has 0 aliphatic heterocycles. The van der Waals surface area contributed by atoms with Crippen molar-refractivity contribution in [2.45, 2.75) is 18.9 Å². The molecular formula is C9H11N3Si. The molecule has 0 saturated heterocycles. The van der Waals surface area contributed by atoms with E-state index in [1.807, 2.05) is 12.1 Å². The molecular weight excluding hydrogens is 178 g/mol. The normalized spacial score (nSPS) is 15.3. The molecule has 1 aromatic heterocycles. The fourth-order valence-electron chi connectivity index (χ4n) is 1.20. The minimum Gasteiger partial charge on any atom is -0.367 e. The highest BCUT2D eigenvalue weighted by Gasteiger charge is 2.21. The lowest BCUT2D eigenvalue weighted by atomic mass is 10.3. The lowest BCUT2D eigenvalue weighted by molar-refractivity contribution is 1.12. The van der Waals surface area contributed by atoms with Gasteiger partial charge in [0.15, 0.2) is 0 Å². The Bertz CT molecular complexity index is 366. The average molecular weight is 189 g/mol. The van der Waals surface area contributed by atoms with Gasteiger partial charge in [-0.25, -0.2) is 4.98 Å². The van der Waals surface area contributed by atoms with Crippen LogP contribution in [0.4, 0.5) is 5.82 Å². The van der Waals surface area contributed by atoms with Gasteiger partial charge in [0, 0.05) is 11.4 Å². The van der Waals surface area contributed by atoms with Crippen molar-refractivity contribution in [1.29, 1.82) is 5.26 Å². The summed E-state index contributed by atoms with van der Waals surface area (Å²) in [5.41, 5.74) is 0.716. The van der Waals surface area contributed by atoms with Crippen LogP contribution in [0.1, 0.15) is 18.4 Å². The van der Waals surface area contributed by atoms with Crippen molar-refractivity contribution in [1.82, 2.24) is 4.98 Å². The molecule has 1 N–H and O–H groups in total. The number of rotatable bonds is 2. The number of hydrogen-bond acceptors (Lipinski definition) is 3. The number of nitriles is 1. The molecule has 2 rings (SSSR count). The predicted octanol–water partition coefficient (Wildman–Crippen LogP) is -0.482. The molecule has 1 saturated carbocycles. The van der Waals surface area contributed by atoms with Crippen LogP contribution in [0.15, 0.2) is 12.1 Å². The lowest BCUT2D eigenvalue weighted by Gasteiger charge is -2.04. The molecule has 1 fully saturated rings. The quantitative estimate of drug-likeness (QED) is 0.639. The zero-order valence-electron chi connectivity index (χ0n) is 7.54. The molecule has 13 heavy (non-hydrogen) atoms. The van der Waals surface area contributed by atoms with Gasteiger partial charge in [-0.2, -0.15) is 5.26 Å². The van der Waals surface area contributed by atoms with Crippen LogP contribution in [-0.2, 0) is 0 Å². The number of nitrogens with zero attached hydrogens (tertiary/aromatic N) is 2. The summed E-state index contributed by atoms with van der Waals surface area (Å²) in [7, 11) is 0.831. The van der Waals surface area contributed by atoms with Crippen LogP contribution >= 0.6 is 0 Å². The summed E-state index contributed by atoms with van der Waals surface area (Å²) in [6, 6.07) is 6.50. The number of anilines is 1. The van der Waals surface area contributed by atoms with Crippen molar-refractivity contribution in [3.05, 3.63) is 17.7 Å². The van der Waals surface area contributed by atoms with Gasteiger partial charge in [-0.15, -0.1) is 0 Å². The van der Waals surface area contributed by atoms with Crippen LogP contribution in [0.5, 0.6) is 0 Å². The van der Waals surface area contributed by atoms with E-state index in [-0.39, 0.29) is 0 Å². The molecule has 4 heteroatoms. The van der Waals surface area contributed by atoms with Crippen molar-refractivity contribution in [3.63, 3.8) is 0 Å². The second-order valence-electron chi connectivity index (χ2n) is 3.36. The molecule has 0 unspecified atom stereocenters. The number of aromatic nitrogens is 1. The molecule has 0 radical (unpaired) electrons. The fraction of sp³-hybridized carbons (Fsp3) is 0.333. The van der Waals surface area contributed by atoms with Crippen molar-refractivity contribution in [3.8, 4) is 6.07 Å². The van der Waals surface area contributed by atoms with E-state index in [0.29, 0.717) is 11.6 Å². The van der Waals surface area contributed by atoms with Gasteiger partial charge in [-0.3, -0.25) is 0 Å². The number of pyridine rings is 1. The Kier molecular flexibility index (Phi) is 2.03. The Balaban J connectivity index is 2.19. The highest BCUT2D eigenvalue weighted by atomic mass is 28.1. The SMILES string of the molecule is N#Cc1ccc(NC2CC2)nc1[SiH3]. The lowest BCUT2D eigenvalue weighted by Crippen LogP contribution is -2.16. The smallest absolute Gasteiger partial charge is 0.125 e. The predicted molar refractivity (Wildman–Crippen MR) is 55.2 cm³/mol. The Morgan fingerprint density at radius 1 is 1.54 bits per heavy atom. The van der Waals surface area contributed by atoms with Crippen LogP contribution in [-0.4, -0.2) is 21.3 Å². The first kappa shape index (κ1) is 8.26. The highest BCUT2D eigenvalue weighted by Crippen LogP contribution is 2.23. The molecule has 1 aliphatic carbocycles. The second kappa shape index (κ2) is 3.19. The Hall–Kier alpha value is -1.34. The van der Waals surface area contributed by atoms with E-state index in [0.717, 1.165) is 21.4 Å². The first-order valence-corrected chi connectivity index (χ1v) is 5.44. The Labute approximate surface area is 80.2 Å². The molecule has 66 valence electrons. The van der Waals surface area contributed by atoms with E-state index in [1.54, 1.807) is 0 Å². The summed E-state index contributed by atoms with van der Waals surface area (Å²) in [5.74, 6) is 0.923. The summed E-state index contributed by atoms with van der Waals surface area (Å²) < 4.78 is 0. The first-order valence-electron chi connectivity index (χ1n) is 4.44. The third kappa shape index (κ3) is 1.87. The van der Waals surface area contributed by atoms with Crippen LogP contribution in [0.25, 0.3) is 0 Å². The summed E-state index contributed by atoms with van der Waals surface area (Å²) in [5, 5.41) is 13.0. The van der Waals surface area contributed by atoms with Crippen LogP contribution in [0.2, 0.25) is 0 Å². The van der Waals surface area contributed by atoms with E-state index >= 15 is 0 Å². The molecule has 0 amide bonds. The van der Waals surface area contributed by atoms with Crippen molar-refractivity contribution in [2.75, 3.05) is 5.32 Å². The second-order valence-corrected chi connectivity index (χ2v) is 4.31. The zero-order chi connectivity index (χ0) is 9.26. The molecule has 0 bridgehead atoms. The molecule has 1 aromatic rings. The van der Waals surface area contributed by atoms with Gasteiger partial charge in [0.25, 0.3) is 0 Å². The van der Waals surface area contributed by atoms with E-state index in [2.05, 4.69) is 16.4 Å². The first-order chi connectivity index (χ1) is 6.29. The number of nitrogens with one attached hydrogen (secondary N) is 1. The maximum Gasteiger partial charge on any atom is 0.125 e. The van der Waals surface area contributed by atoms with Crippen molar-refractivity contribution >= 4 is 21.4 Å². The molecule has 0 aromatic carbocycles. The van der Waals surface area contributed by atoms with Crippen molar-refractivity contribution in [2.24, 2.45) is 0 Å². The summed E-state index contributed by atoms with van der Waals surface area (Å²) in [4.78, 5) is 4.35. The van der Waals surface area contributed by atoms with Crippen LogP contribution in [0.3, 0.4) is 0 Å². The standard InChI is InChI=1S/C9H11N3Si/c10-5-6-1-4-8(12-9(6)13)11-7-2-3-7/h1,4,7H,2-3H2,13H3,(H,11,12). The van der Waals surface area contributed by atoms with Gasteiger partial charge in [-0.05, 0) is 25.0 Å². The molecule has 0 atom stereocenters. The largest absolute Gasteiger partial charge is 0.367 e. The topological polar surface area (TPSA) is 48.7 Å². The van der Waals surface area contributed by atoms with Gasteiger partial charge in [0.2, 0.25) is 0 Å². The minimum atomic E-state index is 0.626. The minimum absolute atomic E-state index is 0.626. The van der Waals surface area contributed by atoms with Gasteiger partial charge < -0.3 is 5.32 Å². The molecule has 1 heterocycles. The Morgan fingerprint density at radius 2 is 2.31 bits per heavy atom. The summed E-state index contributed by atoms with van der Waals surface area (Å²) in [6.07, 6.45) is 2.50. The van der Waals surface area contributed by atoms with Gasteiger partial charge in [0.05, 0.1) is 15.8 Å². The summed E-state index contributed by atoms with van der Waals surface area (Å²) >= 11 is 0. The van der Waals surface area contributed by atoms with E-state index in [9.17, 15) is 0 Å². The van der Waals surface area contributed by atoms with Gasteiger partial charge in [-0.1, -0.05) is 0 Å². The van der Waals surface area contributed by atoms with Gasteiger partial charge >= 0.3 is 0 Å². The van der Waals surface area contributed by atoms with E-state index < -0.39 is 0 Å². The van der Waals surface area contributed by atoms with E-state index in [4.69, 9.17) is 5.26 Å². The van der Waals surface area contributed by atoms with Crippen molar-refractivity contribution < 1.29 is 0 Å².